The van der Waals surface area contributed by atoms with Crippen LogP contribution in [0.15, 0.2) is 18.2 Å². The number of benzene rings is 1. The van der Waals surface area contributed by atoms with Crippen molar-refractivity contribution in [1.82, 2.24) is 0 Å². The number of hydrogen-bond acceptors (Lipinski definition) is 4. The minimum Gasteiger partial charge on any atom is -0.504 e. The van der Waals surface area contributed by atoms with Crippen molar-refractivity contribution in [2.75, 3.05) is 19.0 Å². The summed E-state index contributed by atoms with van der Waals surface area (Å²) in [6.07, 6.45) is 0. The lowest BCUT2D eigenvalue weighted by atomic mass is 10.1. The molecule has 0 spiro atoms. The highest BCUT2D eigenvalue weighted by atomic mass is 16.5. The molecule has 5 heteroatoms. The lowest BCUT2D eigenvalue weighted by molar-refractivity contribution is -0.119. The summed E-state index contributed by atoms with van der Waals surface area (Å²) in [6, 6.07) is 4.66. The Morgan fingerprint density at radius 2 is 2.31 bits per heavy atom. The third-order valence-corrected chi connectivity index (χ3v) is 2.25. The Morgan fingerprint density at radius 3 is 2.81 bits per heavy atom. The van der Waals surface area contributed by atoms with Crippen LogP contribution >= 0.6 is 0 Å². The van der Waals surface area contributed by atoms with Crippen LogP contribution in [0, 0.1) is 5.92 Å². The summed E-state index contributed by atoms with van der Waals surface area (Å²) in [7, 11) is 1.46. The van der Waals surface area contributed by atoms with Crippen LogP contribution in [0.1, 0.15) is 6.92 Å². The first kappa shape index (κ1) is 12.3. The van der Waals surface area contributed by atoms with E-state index in [2.05, 4.69) is 5.32 Å². The number of hydrogen-bond donors (Lipinski definition) is 3. The van der Waals surface area contributed by atoms with Crippen LogP contribution < -0.4 is 15.8 Å². The van der Waals surface area contributed by atoms with Crippen LogP contribution in [-0.4, -0.2) is 24.7 Å². The van der Waals surface area contributed by atoms with Crippen molar-refractivity contribution in [1.29, 1.82) is 0 Å². The van der Waals surface area contributed by atoms with Crippen molar-refractivity contribution in [3.05, 3.63) is 18.2 Å². The normalized spacial score (nSPS) is 11.9. The van der Waals surface area contributed by atoms with Crippen molar-refractivity contribution < 1.29 is 14.6 Å². The number of nitrogens with two attached hydrogens (primary N) is 1. The molecule has 88 valence electrons. The van der Waals surface area contributed by atoms with E-state index in [-0.39, 0.29) is 24.1 Å². The third-order valence-electron chi connectivity index (χ3n) is 2.25. The molecular formula is C11H16N2O3. The maximum Gasteiger partial charge on any atom is 0.228 e. The predicted molar refractivity (Wildman–Crippen MR) is 61.5 cm³/mol. The van der Waals surface area contributed by atoms with E-state index >= 15 is 0 Å². The lowest BCUT2D eigenvalue weighted by Crippen LogP contribution is -2.26. The minimum atomic E-state index is -0.260. The molecule has 1 rings (SSSR count). The van der Waals surface area contributed by atoms with Gasteiger partial charge in [-0.25, -0.2) is 0 Å². The van der Waals surface area contributed by atoms with E-state index in [0.717, 1.165) is 0 Å². The SMILES string of the molecule is COc1ccc(NC(=O)C(C)CN)cc1O. The second-order valence-electron chi connectivity index (χ2n) is 3.51. The Morgan fingerprint density at radius 1 is 1.62 bits per heavy atom. The zero-order chi connectivity index (χ0) is 12.1. The fraction of sp³-hybridized carbons (Fsp3) is 0.364. The van der Waals surface area contributed by atoms with Crippen molar-refractivity contribution in [2.24, 2.45) is 11.7 Å². The highest BCUT2D eigenvalue weighted by molar-refractivity contribution is 5.92. The molecule has 0 aliphatic carbocycles. The van der Waals surface area contributed by atoms with Crippen LogP contribution in [0.4, 0.5) is 5.69 Å². The van der Waals surface area contributed by atoms with Gasteiger partial charge in [-0.15, -0.1) is 0 Å². The molecule has 0 heterocycles. The number of methoxy groups -OCH3 is 1. The fourth-order valence-electron chi connectivity index (χ4n) is 1.14. The highest BCUT2D eigenvalue weighted by Crippen LogP contribution is 2.28. The van der Waals surface area contributed by atoms with Gasteiger partial charge in [0.05, 0.1) is 7.11 Å². The molecule has 0 aliphatic rings. The Bertz CT molecular complexity index is 379. The predicted octanol–water partition coefficient (Wildman–Crippen LogP) is 0.934. The first-order valence-corrected chi connectivity index (χ1v) is 4.96. The van der Waals surface area contributed by atoms with Gasteiger partial charge in [-0.05, 0) is 12.1 Å². The Hall–Kier alpha value is -1.75. The third kappa shape index (κ3) is 2.87. The van der Waals surface area contributed by atoms with Crippen molar-refractivity contribution in [2.45, 2.75) is 6.92 Å². The van der Waals surface area contributed by atoms with Crippen LogP contribution in [-0.2, 0) is 4.79 Å². The molecule has 0 saturated carbocycles. The molecule has 5 nitrogen and oxygen atoms in total. The van der Waals surface area contributed by atoms with Crippen molar-refractivity contribution in [3.63, 3.8) is 0 Å². The number of phenols is 1. The van der Waals surface area contributed by atoms with Crippen molar-refractivity contribution in [3.8, 4) is 11.5 Å². The second kappa shape index (κ2) is 5.37. The van der Waals surface area contributed by atoms with E-state index in [4.69, 9.17) is 10.5 Å². The summed E-state index contributed by atoms with van der Waals surface area (Å²) in [5, 5.41) is 12.1. The average molecular weight is 224 g/mol. The molecule has 1 aromatic carbocycles. The number of phenolic OH excluding ortho intramolecular Hbond substituents is 1. The number of aromatic hydroxyl groups is 1. The Kier molecular flexibility index (Phi) is 4.13. The molecule has 1 amide bonds. The van der Waals surface area contributed by atoms with Gasteiger partial charge >= 0.3 is 0 Å². The Labute approximate surface area is 94.2 Å². The van der Waals surface area contributed by atoms with Gasteiger partial charge in [-0.1, -0.05) is 6.92 Å². The number of amides is 1. The summed E-state index contributed by atoms with van der Waals surface area (Å²) >= 11 is 0. The average Bonchev–Trinajstić information content (AvgIpc) is 2.28. The van der Waals surface area contributed by atoms with E-state index in [9.17, 15) is 9.90 Å². The number of anilines is 1. The van der Waals surface area contributed by atoms with Gasteiger partial charge in [-0.2, -0.15) is 0 Å². The number of carbonyl (C=O) groups is 1. The lowest BCUT2D eigenvalue weighted by Gasteiger charge is -2.11. The van der Waals surface area contributed by atoms with E-state index in [1.165, 1.54) is 13.2 Å². The number of nitrogens with one attached hydrogen (secondary N) is 1. The van der Waals surface area contributed by atoms with Crippen molar-refractivity contribution >= 4 is 11.6 Å². The summed E-state index contributed by atoms with van der Waals surface area (Å²) < 4.78 is 4.89. The maximum absolute atomic E-state index is 11.5. The summed E-state index contributed by atoms with van der Waals surface area (Å²) in [6.45, 7) is 2.02. The standard InChI is InChI=1S/C11H16N2O3/c1-7(6-12)11(15)13-8-3-4-10(16-2)9(14)5-8/h3-5,7,14H,6,12H2,1-2H3,(H,13,15). The van der Waals surface area contributed by atoms with Gasteiger partial charge in [0.2, 0.25) is 5.91 Å². The van der Waals surface area contributed by atoms with E-state index < -0.39 is 0 Å². The molecule has 0 radical (unpaired) electrons. The number of rotatable bonds is 4. The molecular weight excluding hydrogens is 208 g/mol. The van der Waals surface area contributed by atoms with E-state index in [0.29, 0.717) is 11.4 Å². The zero-order valence-corrected chi connectivity index (χ0v) is 9.36. The molecule has 0 bridgehead atoms. The molecule has 1 aromatic rings. The van der Waals surface area contributed by atoms with Gasteiger partial charge in [0, 0.05) is 24.2 Å². The van der Waals surface area contributed by atoms with Gasteiger partial charge in [0.25, 0.3) is 0 Å². The molecule has 4 N–H and O–H groups in total. The molecule has 16 heavy (non-hydrogen) atoms. The smallest absolute Gasteiger partial charge is 0.228 e. The van der Waals surface area contributed by atoms with Crippen LogP contribution in [0.2, 0.25) is 0 Å². The second-order valence-corrected chi connectivity index (χ2v) is 3.51. The molecule has 1 atom stereocenters. The molecule has 0 aromatic heterocycles. The highest BCUT2D eigenvalue weighted by Gasteiger charge is 2.11. The molecule has 1 unspecified atom stereocenters. The monoisotopic (exact) mass is 224 g/mol. The van der Waals surface area contributed by atoms with Gasteiger partial charge < -0.3 is 20.9 Å². The van der Waals surface area contributed by atoms with Gasteiger partial charge in [0.1, 0.15) is 0 Å². The van der Waals surface area contributed by atoms with Gasteiger partial charge in [-0.3, -0.25) is 4.79 Å². The molecule has 0 saturated heterocycles. The summed E-state index contributed by atoms with van der Waals surface area (Å²) in [5.41, 5.74) is 5.89. The van der Waals surface area contributed by atoms with Crippen LogP contribution in [0.3, 0.4) is 0 Å². The number of ether oxygens (including phenoxy) is 1. The van der Waals surface area contributed by atoms with E-state index in [1.807, 2.05) is 0 Å². The maximum atomic E-state index is 11.5. The van der Waals surface area contributed by atoms with Crippen LogP contribution in [0.5, 0.6) is 11.5 Å². The van der Waals surface area contributed by atoms with Gasteiger partial charge in [0.15, 0.2) is 11.5 Å². The first-order valence-electron chi connectivity index (χ1n) is 4.96. The minimum absolute atomic E-state index is 0.0132. The first-order chi connectivity index (χ1) is 7.58. The van der Waals surface area contributed by atoms with Crippen LogP contribution in [0.25, 0.3) is 0 Å². The summed E-state index contributed by atoms with van der Waals surface area (Å²) in [5.74, 6) is -0.0816. The number of carbonyl (C=O) groups excluding carboxylic acids is 1. The zero-order valence-electron chi connectivity index (χ0n) is 9.36. The van der Waals surface area contributed by atoms with E-state index in [1.54, 1.807) is 19.1 Å². The molecule has 0 aliphatic heterocycles. The largest absolute Gasteiger partial charge is 0.504 e. The quantitative estimate of drug-likeness (QED) is 0.710. The Balaban J connectivity index is 2.75. The molecule has 0 fully saturated rings. The topological polar surface area (TPSA) is 84.6 Å². The summed E-state index contributed by atoms with van der Waals surface area (Å²) in [4.78, 5) is 11.5. The fourth-order valence-corrected chi connectivity index (χ4v) is 1.14.